The van der Waals surface area contributed by atoms with Crippen molar-refractivity contribution in [2.45, 2.75) is 78.6 Å². The van der Waals surface area contributed by atoms with Crippen molar-refractivity contribution in [3.05, 3.63) is 52.6 Å². The topological polar surface area (TPSA) is 91.9 Å². The lowest BCUT2D eigenvalue weighted by molar-refractivity contribution is -0.164. The molecule has 0 spiro atoms. The summed E-state index contributed by atoms with van der Waals surface area (Å²) in [5, 5.41) is 13.1. The van der Waals surface area contributed by atoms with E-state index in [9.17, 15) is 9.90 Å². The van der Waals surface area contributed by atoms with Crippen molar-refractivity contribution >= 4 is 29.1 Å². The fourth-order valence-electron chi connectivity index (χ4n) is 6.64. The number of aliphatic hydroxyl groups excluding tert-OH is 1. The number of benzene rings is 1. The summed E-state index contributed by atoms with van der Waals surface area (Å²) in [5.41, 5.74) is 0.0875. The quantitative estimate of drug-likeness (QED) is 0.499. The second-order valence-corrected chi connectivity index (χ2v) is 12.1. The molecule has 2 aromatic rings. The number of nitrogens with one attached hydrogen (secondary N) is 1. The Morgan fingerprint density at radius 1 is 1.19 bits per heavy atom. The Bertz CT molecular complexity index is 1170. The highest BCUT2D eigenvalue weighted by molar-refractivity contribution is 6.33. The molecule has 0 bridgehead atoms. The zero-order chi connectivity index (χ0) is 27.1. The first-order valence-corrected chi connectivity index (χ1v) is 13.1. The Morgan fingerprint density at radius 2 is 1.78 bits per heavy atom. The Balaban J connectivity index is 1.43. The first-order chi connectivity index (χ1) is 17.4. The molecule has 9 heteroatoms. The van der Waals surface area contributed by atoms with Gasteiger partial charge in [-0.05, 0) is 44.7 Å². The first-order valence-electron chi connectivity index (χ1n) is 12.8. The number of aliphatic hydroxyl groups is 1. The lowest BCUT2D eigenvalue weighted by Gasteiger charge is -2.63. The number of anilines is 1. The molecule has 1 aliphatic heterocycles. The van der Waals surface area contributed by atoms with Crippen LogP contribution in [0.1, 0.15) is 64.7 Å². The van der Waals surface area contributed by atoms with Crippen molar-refractivity contribution in [2.24, 2.45) is 16.7 Å². The molecule has 1 aliphatic carbocycles. The highest BCUT2D eigenvalue weighted by atomic mass is 35.5. The summed E-state index contributed by atoms with van der Waals surface area (Å²) in [7, 11) is 0. The molecule has 0 radical (unpaired) electrons. The zero-order valence-electron chi connectivity index (χ0n) is 22.3. The van der Waals surface area contributed by atoms with Gasteiger partial charge in [-0.2, -0.15) is 0 Å². The predicted molar refractivity (Wildman–Crippen MR) is 144 cm³/mol. The second-order valence-electron chi connectivity index (χ2n) is 11.7. The number of nitrogens with zero attached hydrogens (tertiary/aromatic N) is 4. The molecular weight excluding hydrogens is 490 g/mol. The maximum atomic E-state index is 13.2. The van der Waals surface area contributed by atoms with E-state index in [-0.39, 0.29) is 47.6 Å². The van der Waals surface area contributed by atoms with Gasteiger partial charge in [0.05, 0.1) is 17.2 Å². The van der Waals surface area contributed by atoms with Crippen LogP contribution in [0, 0.1) is 23.3 Å². The van der Waals surface area contributed by atoms with Gasteiger partial charge >= 0.3 is 0 Å². The standard InChI is InChI=1S/C28H36ClN5O3/c1-16-10-18(15-35)11-17(2)34(16)26-31-13-19(14-32-26)23(36)33-24-27(3,4)25(28(24,5)6)37-20-8-9-22(30-7)21(29)12-20/h8-9,12-14,16-18,24-25,35H,10-11,15H2,1-6H3,(H,33,36)/t16-,17+,18?,24?,25?. The van der Waals surface area contributed by atoms with Gasteiger partial charge in [0.25, 0.3) is 5.91 Å². The van der Waals surface area contributed by atoms with E-state index >= 15 is 0 Å². The molecule has 1 saturated carbocycles. The van der Waals surface area contributed by atoms with Crippen molar-refractivity contribution in [2.75, 3.05) is 11.5 Å². The number of hydrogen-bond donors (Lipinski definition) is 2. The molecule has 1 aromatic carbocycles. The van der Waals surface area contributed by atoms with Gasteiger partial charge < -0.3 is 20.1 Å². The number of piperidine rings is 1. The van der Waals surface area contributed by atoms with Crippen LogP contribution in [0.5, 0.6) is 5.75 Å². The maximum Gasteiger partial charge on any atom is 0.254 e. The van der Waals surface area contributed by atoms with E-state index in [1.54, 1.807) is 30.6 Å². The molecule has 2 aliphatic rings. The maximum absolute atomic E-state index is 13.2. The lowest BCUT2D eigenvalue weighted by atomic mass is 9.49. The number of hydrogen-bond acceptors (Lipinski definition) is 6. The predicted octanol–water partition coefficient (Wildman–Crippen LogP) is 5.28. The minimum Gasteiger partial charge on any atom is -0.489 e. The summed E-state index contributed by atoms with van der Waals surface area (Å²) in [6, 6.07) is 5.35. The van der Waals surface area contributed by atoms with Gasteiger partial charge in [0.1, 0.15) is 11.9 Å². The van der Waals surface area contributed by atoms with E-state index in [1.807, 2.05) is 0 Å². The molecule has 3 atom stereocenters. The fraction of sp³-hybridized carbons (Fsp3) is 0.571. The Labute approximate surface area is 224 Å². The molecule has 1 saturated heterocycles. The fourth-order valence-corrected chi connectivity index (χ4v) is 6.85. The monoisotopic (exact) mass is 525 g/mol. The molecule has 2 heterocycles. The number of halogens is 1. The number of aromatic nitrogens is 2. The number of carbonyl (C=O) groups is 1. The number of carbonyl (C=O) groups excluding carboxylic acids is 1. The Morgan fingerprint density at radius 3 is 2.30 bits per heavy atom. The molecule has 1 unspecified atom stereocenters. The highest BCUT2D eigenvalue weighted by Gasteiger charge is 2.64. The van der Waals surface area contributed by atoms with E-state index in [1.165, 1.54) is 0 Å². The van der Waals surface area contributed by atoms with Crippen LogP contribution in [-0.4, -0.2) is 51.8 Å². The smallest absolute Gasteiger partial charge is 0.254 e. The third-order valence-corrected chi connectivity index (χ3v) is 8.40. The van der Waals surface area contributed by atoms with Crippen LogP contribution in [0.2, 0.25) is 5.02 Å². The van der Waals surface area contributed by atoms with Gasteiger partial charge in [0.2, 0.25) is 11.6 Å². The average Bonchev–Trinajstić information content (AvgIpc) is 2.85. The molecule has 37 heavy (non-hydrogen) atoms. The molecule has 1 aromatic heterocycles. The van der Waals surface area contributed by atoms with Crippen LogP contribution < -0.4 is 15.0 Å². The van der Waals surface area contributed by atoms with Crippen LogP contribution in [0.25, 0.3) is 4.85 Å². The number of rotatable bonds is 6. The van der Waals surface area contributed by atoms with Gasteiger partial charge in [0.15, 0.2) is 0 Å². The van der Waals surface area contributed by atoms with Crippen molar-refractivity contribution < 1.29 is 14.6 Å². The number of ether oxygens (including phenoxy) is 1. The van der Waals surface area contributed by atoms with Crippen LogP contribution in [0.4, 0.5) is 11.6 Å². The van der Waals surface area contributed by atoms with E-state index in [2.05, 4.69) is 66.6 Å². The molecule has 4 rings (SSSR count). The lowest BCUT2D eigenvalue weighted by Crippen LogP contribution is -2.74. The highest BCUT2D eigenvalue weighted by Crippen LogP contribution is 2.55. The van der Waals surface area contributed by atoms with Crippen molar-refractivity contribution in [3.63, 3.8) is 0 Å². The summed E-state index contributed by atoms with van der Waals surface area (Å²) in [6.45, 7) is 19.9. The van der Waals surface area contributed by atoms with Crippen molar-refractivity contribution in [1.29, 1.82) is 0 Å². The third kappa shape index (κ3) is 4.99. The van der Waals surface area contributed by atoms with Crippen LogP contribution in [0.3, 0.4) is 0 Å². The first kappa shape index (κ1) is 27.2. The summed E-state index contributed by atoms with van der Waals surface area (Å²) in [6.07, 6.45) is 4.77. The number of amides is 1. The molecule has 2 fully saturated rings. The minimum atomic E-state index is -0.354. The summed E-state index contributed by atoms with van der Waals surface area (Å²) < 4.78 is 6.31. The SMILES string of the molecule is [C-]#[N+]c1ccc(OC2C(C)(C)C(NC(=O)c3cnc(N4[C@H](C)CC(CO)C[C@@H]4C)nc3)C2(C)C)cc1Cl. The molecule has 2 N–H and O–H groups in total. The second kappa shape index (κ2) is 10.1. The summed E-state index contributed by atoms with van der Waals surface area (Å²) >= 11 is 6.20. The largest absolute Gasteiger partial charge is 0.489 e. The molecule has 1 amide bonds. The van der Waals surface area contributed by atoms with Crippen LogP contribution in [-0.2, 0) is 0 Å². The Kier molecular flexibility index (Phi) is 7.42. The van der Waals surface area contributed by atoms with Crippen molar-refractivity contribution in [3.8, 4) is 5.75 Å². The third-order valence-electron chi connectivity index (χ3n) is 8.10. The average molecular weight is 526 g/mol. The van der Waals surface area contributed by atoms with E-state index in [0.29, 0.717) is 33.9 Å². The molecule has 8 nitrogen and oxygen atoms in total. The Hall–Kier alpha value is -2.89. The zero-order valence-corrected chi connectivity index (χ0v) is 23.1. The van der Waals surface area contributed by atoms with E-state index in [4.69, 9.17) is 22.9 Å². The van der Waals surface area contributed by atoms with E-state index in [0.717, 1.165) is 12.8 Å². The minimum absolute atomic E-state index is 0.146. The van der Waals surface area contributed by atoms with Crippen LogP contribution in [0.15, 0.2) is 30.6 Å². The van der Waals surface area contributed by atoms with Crippen molar-refractivity contribution in [1.82, 2.24) is 15.3 Å². The van der Waals surface area contributed by atoms with Gasteiger partial charge in [-0.3, -0.25) is 4.79 Å². The summed E-state index contributed by atoms with van der Waals surface area (Å²) in [4.78, 5) is 27.8. The molecule has 198 valence electrons. The van der Waals surface area contributed by atoms with E-state index < -0.39 is 0 Å². The van der Waals surface area contributed by atoms with Crippen LogP contribution >= 0.6 is 11.6 Å². The van der Waals surface area contributed by atoms with Gasteiger partial charge in [-0.1, -0.05) is 45.4 Å². The molecular formula is C28H36ClN5O3. The van der Waals surface area contributed by atoms with Gasteiger partial charge in [0, 0.05) is 48.0 Å². The normalized spacial score (nSPS) is 28.1. The van der Waals surface area contributed by atoms with Gasteiger partial charge in [-0.25, -0.2) is 14.8 Å². The summed E-state index contributed by atoms with van der Waals surface area (Å²) in [5.74, 6) is 1.28. The van der Waals surface area contributed by atoms with Gasteiger partial charge in [-0.15, -0.1) is 0 Å².